The van der Waals surface area contributed by atoms with Gasteiger partial charge < -0.3 is 20.1 Å². The summed E-state index contributed by atoms with van der Waals surface area (Å²) in [5.41, 5.74) is 5.35. The topological polar surface area (TPSA) is 134 Å². The molecular weight excluding hydrogens is 834 g/mol. The van der Waals surface area contributed by atoms with E-state index in [0.29, 0.717) is 6.42 Å². The maximum atomic E-state index is 12.6. The molecule has 0 saturated heterocycles. The number of ether oxygens (including phenoxy) is 2. The van der Waals surface area contributed by atoms with Crippen molar-refractivity contribution in [1.82, 2.24) is 0 Å². The lowest BCUT2D eigenvalue weighted by atomic mass is 10.0. The number of phosphoric acid groups is 1. The number of hydrogen-bond donors (Lipinski definition) is 2. The molecule has 2 atom stereocenters. The standard InChI is InChI=1S/C55H98NO8P/c1-3-5-7-9-11-13-14-15-16-17-18-19-20-21-22-23-24-25-26-27-28-29-30-31-32-33-34-35-36-37-38-40-42-44-46-48-55(58)64-53(52-63-65(59,60)62-50-49-56)51-61-54(57)47-45-43-41-39-12-10-8-6-4-2/h5,7,11,13,15-16,18-19,21-22,24-25,53H,3-4,6,8-10,12,14,17,20,23,26-52,56H2,1-2H3,(H,59,60)/b7-5-,13-11-,16-15-,19-18-,22-21-,25-24-. The second-order valence-corrected chi connectivity index (χ2v) is 18.8. The van der Waals surface area contributed by atoms with Gasteiger partial charge in [0.25, 0.3) is 0 Å². The van der Waals surface area contributed by atoms with E-state index in [9.17, 15) is 19.0 Å². The third-order valence-electron chi connectivity index (χ3n) is 11.1. The van der Waals surface area contributed by atoms with Gasteiger partial charge in [0, 0.05) is 19.4 Å². The highest BCUT2D eigenvalue weighted by molar-refractivity contribution is 7.47. The van der Waals surface area contributed by atoms with Gasteiger partial charge in [-0.2, -0.15) is 0 Å². The minimum Gasteiger partial charge on any atom is -0.462 e. The molecule has 65 heavy (non-hydrogen) atoms. The molecule has 0 bridgehead atoms. The van der Waals surface area contributed by atoms with Crippen LogP contribution in [0.4, 0.5) is 0 Å². The van der Waals surface area contributed by atoms with Gasteiger partial charge >= 0.3 is 19.8 Å². The smallest absolute Gasteiger partial charge is 0.462 e. The van der Waals surface area contributed by atoms with Gasteiger partial charge in [-0.15, -0.1) is 0 Å². The molecule has 376 valence electrons. The predicted molar refractivity (Wildman–Crippen MR) is 275 cm³/mol. The Morgan fingerprint density at radius 1 is 0.477 bits per heavy atom. The van der Waals surface area contributed by atoms with Crippen LogP contribution < -0.4 is 5.73 Å². The quantitative estimate of drug-likeness (QED) is 0.0265. The molecule has 3 N–H and O–H groups in total. The van der Waals surface area contributed by atoms with E-state index in [2.05, 4.69) is 86.8 Å². The van der Waals surface area contributed by atoms with Gasteiger partial charge in [0.05, 0.1) is 13.2 Å². The van der Waals surface area contributed by atoms with Crippen molar-refractivity contribution < 1.29 is 37.6 Å². The highest BCUT2D eigenvalue weighted by Crippen LogP contribution is 2.43. The Hall–Kier alpha value is -2.55. The van der Waals surface area contributed by atoms with Crippen molar-refractivity contribution in [2.75, 3.05) is 26.4 Å². The third-order valence-corrected chi connectivity index (χ3v) is 12.1. The number of carbonyl (C=O) groups is 2. The van der Waals surface area contributed by atoms with E-state index >= 15 is 0 Å². The Bertz CT molecular complexity index is 1290. The summed E-state index contributed by atoms with van der Waals surface area (Å²) in [5, 5.41) is 0. The summed E-state index contributed by atoms with van der Waals surface area (Å²) >= 11 is 0. The Balaban J connectivity index is 3.84. The first-order valence-corrected chi connectivity index (χ1v) is 27.9. The van der Waals surface area contributed by atoms with Crippen LogP contribution in [0.25, 0.3) is 0 Å². The number of carbonyl (C=O) groups excluding carboxylic acids is 2. The van der Waals surface area contributed by atoms with E-state index in [1.807, 2.05) is 0 Å². The fraction of sp³-hybridized carbons (Fsp3) is 0.745. The van der Waals surface area contributed by atoms with Crippen molar-refractivity contribution in [3.05, 3.63) is 72.9 Å². The molecule has 2 unspecified atom stereocenters. The third kappa shape index (κ3) is 50.7. The molecule has 0 saturated carbocycles. The summed E-state index contributed by atoms with van der Waals surface area (Å²) < 4.78 is 32.8. The zero-order valence-electron chi connectivity index (χ0n) is 41.7. The second kappa shape index (κ2) is 50.9. The van der Waals surface area contributed by atoms with Crippen LogP contribution in [0.15, 0.2) is 72.9 Å². The molecular formula is C55H98NO8P. The fourth-order valence-electron chi connectivity index (χ4n) is 7.23. The summed E-state index contributed by atoms with van der Waals surface area (Å²) in [6.07, 6.45) is 64.0. The van der Waals surface area contributed by atoms with E-state index in [4.69, 9.17) is 24.3 Å². The van der Waals surface area contributed by atoms with Crippen molar-refractivity contribution >= 4 is 19.8 Å². The molecule has 0 aromatic rings. The van der Waals surface area contributed by atoms with Crippen LogP contribution in [-0.4, -0.2) is 49.3 Å². The lowest BCUT2D eigenvalue weighted by Crippen LogP contribution is -2.29. The molecule has 0 aliphatic rings. The van der Waals surface area contributed by atoms with Crippen LogP contribution in [0, 0.1) is 0 Å². The number of esters is 2. The molecule has 0 aromatic heterocycles. The zero-order valence-corrected chi connectivity index (χ0v) is 42.6. The Kier molecular flexibility index (Phi) is 48.9. The number of hydrogen-bond acceptors (Lipinski definition) is 8. The van der Waals surface area contributed by atoms with Crippen LogP contribution in [0.5, 0.6) is 0 Å². The summed E-state index contributed by atoms with van der Waals surface area (Å²) in [4.78, 5) is 34.9. The number of nitrogens with two attached hydrogens (primary N) is 1. The van der Waals surface area contributed by atoms with Gasteiger partial charge in [0.1, 0.15) is 6.61 Å². The minimum atomic E-state index is -4.38. The zero-order chi connectivity index (χ0) is 47.4. The monoisotopic (exact) mass is 932 g/mol. The molecule has 0 heterocycles. The van der Waals surface area contributed by atoms with E-state index in [0.717, 1.165) is 77.0 Å². The van der Waals surface area contributed by atoms with E-state index in [1.54, 1.807) is 0 Å². The van der Waals surface area contributed by atoms with Gasteiger partial charge in [0.15, 0.2) is 6.10 Å². The predicted octanol–water partition coefficient (Wildman–Crippen LogP) is 16.2. The van der Waals surface area contributed by atoms with Gasteiger partial charge in [-0.3, -0.25) is 18.6 Å². The molecule has 0 aliphatic carbocycles. The number of allylic oxidation sites excluding steroid dienone is 12. The highest BCUT2D eigenvalue weighted by atomic mass is 31.2. The van der Waals surface area contributed by atoms with Crippen LogP contribution >= 0.6 is 7.82 Å². The second-order valence-electron chi connectivity index (χ2n) is 17.4. The van der Waals surface area contributed by atoms with Crippen LogP contribution in [-0.2, 0) is 32.7 Å². The first kappa shape index (κ1) is 62.4. The first-order chi connectivity index (χ1) is 31.8. The van der Waals surface area contributed by atoms with Crippen molar-refractivity contribution in [3.8, 4) is 0 Å². The van der Waals surface area contributed by atoms with Crippen molar-refractivity contribution in [1.29, 1.82) is 0 Å². The molecule has 0 radical (unpaired) electrons. The summed E-state index contributed by atoms with van der Waals surface area (Å²) in [5.74, 6) is -0.827. The SMILES string of the molecule is CC/C=C\C/C=C\C/C=C\C/C=C\C/C=C\C/C=C\CCCCCCCCCCCCCCCCCCC(=O)OC(COC(=O)CCCCCCCCCCC)COP(=O)(O)OCCN. The van der Waals surface area contributed by atoms with Gasteiger partial charge in [0.2, 0.25) is 0 Å². The number of unbranched alkanes of at least 4 members (excludes halogenated alkanes) is 24. The lowest BCUT2D eigenvalue weighted by molar-refractivity contribution is -0.161. The molecule has 0 amide bonds. The molecule has 0 aromatic carbocycles. The van der Waals surface area contributed by atoms with Crippen LogP contribution in [0.1, 0.15) is 232 Å². The molecule has 9 nitrogen and oxygen atoms in total. The largest absolute Gasteiger partial charge is 0.472 e. The van der Waals surface area contributed by atoms with Crippen LogP contribution in [0.3, 0.4) is 0 Å². The van der Waals surface area contributed by atoms with E-state index < -0.39 is 26.5 Å². The summed E-state index contributed by atoms with van der Waals surface area (Å²) in [7, 11) is -4.38. The first-order valence-electron chi connectivity index (χ1n) is 26.4. The van der Waals surface area contributed by atoms with Gasteiger partial charge in [-0.05, 0) is 64.2 Å². The minimum absolute atomic E-state index is 0.0532. The average molecular weight is 932 g/mol. The molecule has 0 spiro atoms. The Labute approximate surface area is 399 Å². The summed E-state index contributed by atoms with van der Waals surface area (Å²) in [6, 6.07) is 0. The maximum Gasteiger partial charge on any atom is 0.472 e. The molecule has 0 fully saturated rings. The van der Waals surface area contributed by atoms with E-state index in [-0.39, 0.29) is 38.6 Å². The number of rotatable bonds is 49. The van der Waals surface area contributed by atoms with Gasteiger partial charge in [-0.1, -0.05) is 228 Å². The lowest BCUT2D eigenvalue weighted by Gasteiger charge is -2.19. The molecule has 10 heteroatoms. The Morgan fingerprint density at radius 2 is 0.846 bits per heavy atom. The molecule has 0 rings (SSSR count). The number of phosphoric ester groups is 1. The normalized spacial score (nSPS) is 13.7. The molecule has 0 aliphatic heterocycles. The summed E-state index contributed by atoms with van der Waals surface area (Å²) in [6.45, 7) is 3.61. The van der Waals surface area contributed by atoms with Crippen molar-refractivity contribution in [3.63, 3.8) is 0 Å². The highest BCUT2D eigenvalue weighted by Gasteiger charge is 2.26. The van der Waals surface area contributed by atoms with Crippen LogP contribution in [0.2, 0.25) is 0 Å². The van der Waals surface area contributed by atoms with Gasteiger partial charge in [-0.25, -0.2) is 4.57 Å². The van der Waals surface area contributed by atoms with E-state index in [1.165, 1.54) is 122 Å². The maximum absolute atomic E-state index is 12.6. The Morgan fingerprint density at radius 3 is 1.26 bits per heavy atom. The van der Waals surface area contributed by atoms with Crippen molar-refractivity contribution in [2.24, 2.45) is 5.73 Å². The van der Waals surface area contributed by atoms with Crippen molar-refractivity contribution in [2.45, 2.75) is 238 Å². The average Bonchev–Trinajstić information content (AvgIpc) is 3.30. The fourth-order valence-corrected chi connectivity index (χ4v) is 7.99.